The Hall–Kier alpha value is -3.85. The van der Waals surface area contributed by atoms with Crippen LogP contribution in [0, 0.1) is 5.92 Å². The Morgan fingerprint density at radius 1 is 1.15 bits per heavy atom. The molecule has 1 aromatic heterocycles. The summed E-state index contributed by atoms with van der Waals surface area (Å²) in [5, 5.41) is 16.4. The van der Waals surface area contributed by atoms with Crippen LogP contribution in [0.2, 0.25) is 0 Å². The van der Waals surface area contributed by atoms with E-state index in [1.807, 2.05) is 30.5 Å². The van der Waals surface area contributed by atoms with E-state index in [0.29, 0.717) is 18.7 Å². The third kappa shape index (κ3) is 7.83. The van der Waals surface area contributed by atoms with Crippen molar-refractivity contribution in [3.8, 4) is 17.0 Å². The third-order valence-corrected chi connectivity index (χ3v) is 7.07. The van der Waals surface area contributed by atoms with Crippen LogP contribution in [0.3, 0.4) is 0 Å². The summed E-state index contributed by atoms with van der Waals surface area (Å²) in [5.41, 5.74) is 4.75. The number of aromatic amines is 1. The molecule has 208 valence electrons. The number of carbonyl (C=O) groups is 2. The minimum Gasteiger partial charge on any atom is -0.497 e. The monoisotopic (exact) mass is 534 g/mol. The number of cyclic esters (lactones) is 1. The largest absolute Gasteiger partial charge is 0.497 e. The van der Waals surface area contributed by atoms with E-state index in [9.17, 15) is 9.59 Å². The second-order valence-corrected chi connectivity index (χ2v) is 10.1. The Morgan fingerprint density at radius 2 is 1.92 bits per heavy atom. The van der Waals surface area contributed by atoms with Gasteiger partial charge in [-0.25, -0.2) is 4.79 Å². The van der Waals surface area contributed by atoms with Gasteiger partial charge in [-0.05, 0) is 74.3 Å². The van der Waals surface area contributed by atoms with Crippen molar-refractivity contribution in [3.05, 3.63) is 65.9 Å². The highest BCUT2D eigenvalue weighted by molar-refractivity contribution is 5.88. The molecule has 0 spiro atoms. The van der Waals surface area contributed by atoms with E-state index < -0.39 is 5.97 Å². The summed E-state index contributed by atoms with van der Waals surface area (Å²) in [6, 6.07) is 15.1. The number of anilines is 1. The van der Waals surface area contributed by atoms with Crippen molar-refractivity contribution < 1.29 is 24.2 Å². The molecule has 0 saturated carbocycles. The van der Waals surface area contributed by atoms with Crippen molar-refractivity contribution in [2.75, 3.05) is 38.3 Å². The Bertz CT molecular complexity index is 1210. The molecule has 1 aliphatic heterocycles. The summed E-state index contributed by atoms with van der Waals surface area (Å²) >= 11 is 0. The van der Waals surface area contributed by atoms with Gasteiger partial charge in [0.15, 0.2) is 0 Å². The number of aromatic nitrogens is 2. The molecule has 3 aromatic rings. The first kappa shape index (κ1) is 28.2. The second kappa shape index (κ2) is 13.8. The summed E-state index contributed by atoms with van der Waals surface area (Å²) in [4.78, 5) is 27.5. The van der Waals surface area contributed by atoms with Gasteiger partial charge >= 0.3 is 12.1 Å². The number of unbranched alkanes of at least 4 members (excludes halogenated alkanes) is 1. The average molecular weight is 535 g/mol. The first-order valence-corrected chi connectivity index (χ1v) is 13.6. The predicted octanol–water partition coefficient (Wildman–Crippen LogP) is 5.37. The predicted molar refractivity (Wildman–Crippen MR) is 150 cm³/mol. The molecule has 0 bridgehead atoms. The van der Waals surface area contributed by atoms with Crippen LogP contribution in [0.15, 0.2) is 54.7 Å². The van der Waals surface area contributed by atoms with Gasteiger partial charge in [-0.1, -0.05) is 25.5 Å². The molecule has 39 heavy (non-hydrogen) atoms. The van der Waals surface area contributed by atoms with Gasteiger partial charge in [-0.15, -0.1) is 0 Å². The number of hydrogen-bond acceptors (Lipinski definition) is 6. The van der Waals surface area contributed by atoms with Crippen molar-refractivity contribution in [1.82, 2.24) is 15.1 Å². The molecular weight excluding hydrogens is 496 g/mol. The van der Waals surface area contributed by atoms with Crippen LogP contribution in [-0.4, -0.2) is 65.6 Å². The number of hydrogen-bond donors (Lipinski definition) is 2. The van der Waals surface area contributed by atoms with Crippen molar-refractivity contribution in [2.24, 2.45) is 5.92 Å². The molecule has 0 radical (unpaired) electrons. The van der Waals surface area contributed by atoms with Gasteiger partial charge in [0.25, 0.3) is 0 Å². The Labute approximate surface area is 229 Å². The zero-order chi connectivity index (χ0) is 27.6. The normalized spacial score (nSPS) is 15.4. The summed E-state index contributed by atoms with van der Waals surface area (Å²) in [6.07, 6.45) is 5.69. The van der Waals surface area contributed by atoms with E-state index >= 15 is 0 Å². The first-order valence-electron chi connectivity index (χ1n) is 13.6. The van der Waals surface area contributed by atoms with Gasteiger partial charge in [0, 0.05) is 35.8 Å². The number of aliphatic carboxylic acids is 1. The van der Waals surface area contributed by atoms with Crippen LogP contribution in [0.1, 0.15) is 43.7 Å². The lowest BCUT2D eigenvalue weighted by Gasteiger charge is -2.32. The lowest BCUT2D eigenvalue weighted by Crippen LogP contribution is -2.43. The number of carboxylic acid groups (broad SMARTS) is 1. The molecular formula is C30H38N4O5. The van der Waals surface area contributed by atoms with Gasteiger partial charge in [-0.3, -0.25) is 19.7 Å². The zero-order valence-corrected chi connectivity index (χ0v) is 22.8. The van der Waals surface area contributed by atoms with Crippen LogP contribution in [0.5, 0.6) is 5.75 Å². The number of nitrogens with one attached hydrogen (secondary N) is 1. The number of H-pyrrole nitrogens is 1. The Kier molecular flexibility index (Phi) is 9.97. The maximum absolute atomic E-state index is 12.4. The van der Waals surface area contributed by atoms with Crippen LogP contribution in [0.4, 0.5) is 10.5 Å². The summed E-state index contributed by atoms with van der Waals surface area (Å²) < 4.78 is 10.8. The zero-order valence-electron chi connectivity index (χ0n) is 22.8. The third-order valence-electron chi connectivity index (χ3n) is 7.07. The molecule has 1 atom stereocenters. The quantitative estimate of drug-likeness (QED) is 0.268. The lowest BCUT2D eigenvalue weighted by atomic mass is 10.0. The minimum atomic E-state index is -0.875. The smallest absolute Gasteiger partial charge is 0.414 e. The number of benzene rings is 2. The molecule has 1 aliphatic rings. The number of nitrogens with zero attached hydrogens (tertiary/aromatic N) is 3. The summed E-state index contributed by atoms with van der Waals surface area (Å²) in [6.45, 7) is 6.08. The lowest BCUT2D eigenvalue weighted by molar-refractivity contribution is -0.136. The molecule has 2 N–H and O–H groups in total. The van der Waals surface area contributed by atoms with E-state index in [2.05, 4.69) is 22.0 Å². The summed E-state index contributed by atoms with van der Waals surface area (Å²) in [5.74, 6) is 0.216. The maximum Gasteiger partial charge on any atom is 0.414 e. The van der Waals surface area contributed by atoms with Crippen LogP contribution in [0.25, 0.3) is 11.3 Å². The molecule has 1 fully saturated rings. The van der Waals surface area contributed by atoms with E-state index in [-0.39, 0.29) is 18.4 Å². The molecule has 1 unspecified atom stereocenters. The number of ether oxygens (including phenoxy) is 2. The van der Waals surface area contributed by atoms with Gasteiger partial charge < -0.3 is 14.6 Å². The maximum atomic E-state index is 12.4. The van der Waals surface area contributed by atoms with Crippen LogP contribution in [-0.2, 0) is 22.5 Å². The van der Waals surface area contributed by atoms with Crippen molar-refractivity contribution in [2.45, 2.75) is 45.6 Å². The fraction of sp³-hybridized carbons (Fsp3) is 0.433. The second-order valence-electron chi connectivity index (χ2n) is 10.1. The molecule has 2 aromatic carbocycles. The van der Waals surface area contributed by atoms with Crippen molar-refractivity contribution in [3.63, 3.8) is 0 Å². The highest BCUT2D eigenvalue weighted by Gasteiger charge is 2.28. The van der Waals surface area contributed by atoms with E-state index in [1.165, 1.54) is 5.56 Å². The molecule has 1 amide bonds. The fourth-order valence-electron chi connectivity index (χ4n) is 5.04. The first-order chi connectivity index (χ1) is 19.0. The molecule has 9 heteroatoms. The molecule has 4 rings (SSSR count). The number of methoxy groups -OCH3 is 1. The van der Waals surface area contributed by atoms with E-state index in [0.717, 1.165) is 68.0 Å². The molecule has 0 aliphatic carbocycles. The van der Waals surface area contributed by atoms with Gasteiger partial charge in [0.1, 0.15) is 5.75 Å². The van der Waals surface area contributed by atoms with E-state index in [4.69, 9.17) is 14.6 Å². The number of rotatable bonds is 14. The number of carbonyl (C=O) groups excluding carboxylic acids is 1. The topological polar surface area (TPSA) is 108 Å². The van der Waals surface area contributed by atoms with E-state index in [1.54, 1.807) is 36.3 Å². The highest BCUT2D eigenvalue weighted by atomic mass is 16.6. The Balaban J connectivity index is 1.27. The summed E-state index contributed by atoms with van der Waals surface area (Å²) in [7, 11) is 1.67. The standard InChI is InChI=1S/C30H38N4O5/c1-3-15-33(20-25-18-31-32-29(25)24-9-13-27(38-2)14-10-24)16-5-4-6-23-19-34(30(37)39-21-23)26-11-7-22(8-12-26)17-28(35)36/h7-14,18,23H,3-6,15-17,19-21H2,1-2H3,(H,31,32)(H,35,36). The highest BCUT2D eigenvalue weighted by Crippen LogP contribution is 2.26. The molecule has 2 heterocycles. The van der Waals surface area contributed by atoms with Crippen LogP contribution >= 0.6 is 0 Å². The van der Waals surface area contributed by atoms with Crippen molar-refractivity contribution in [1.29, 1.82) is 0 Å². The minimum absolute atomic E-state index is 0.0359. The number of carboxylic acids is 1. The molecule has 1 saturated heterocycles. The van der Waals surface area contributed by atoms with Crippen LogP contribution < -0.4 is 9.64 Å². The van der Waals surface area contributed by atoms with Gasteiger partial charge in [0.05, 0.1) is 32.0 Å². The SMILES string of the molecule is CCCN(CCCCC1COC(=O)N(c2ccc(CC(=O)O)cc2)C1)Cc1cn[nH]c1-c1ccc(OC)cc1. The Morgan fingerprint density at radius 3 is 2.62 bits per heavy atom. The number of amides is 1. The van der Waals surface area contributed by atoms with Gasteiger partial charge in [0.2, 0.25) is 0 Å². The fourth-order valence-corrected chi connectivity index (χ4v) is 5.04. The van der Waals surface area contributed by atoms with Gasteiger partial charge in [-0.2, -0.15) is 5.10 Å². The average Bonchev–Trinajstić information content (AvgIpc) is 3.40. The molecule has 9 nitrogen and oxygen atoms in total. The van der Waals surface area contributed by atoms with Crippen molar-refractivity contribution >= 4 is 17.7 Å².